The molecule has 0 aliphatic carbocycles. The van der Waals surface area contributed by atoms with Crippen molar-refractivity contribution in [2.45, 2.75) is 6.92 Å². The Bertz CT molecular complexity index is 1020. The van der Waals surface area contributed by atoms with Crippen molar-refractivity contribution < 1.29 is 14.7 Å². The molecule has 3 aromatic rings. The molecule has 0 fully saturated rings. The van der Waals surface area contributed by atoms with E-state index in [0.717, 1.165) is 16.9 Å². The van der Waals surface area contributed by atoms with Gasteiger partial charge in [0.2, 0.25) is 0 Å². The van der Waals surface area contributed by atoms with E-state index in [2.05, 4.69) is 5.18 Å². The minimum Gasteiger partial charge on any atom is -0.477 e. The number of nitroso groups, excluding NO2 is 1. The molecule has 0 saturated heterocycles. The average Bonchev–Trinajstić information content (AvgIpc) is 3.13. The fourth-order valence-corrected chi connectivity index (χ4v) is 3.66. The quantitative estimate of drug-likeness (QED) is 0.624. The second kappa shape index (κ2) is 7.51. The summed E-state index contributed by atoms with van der Waals surface area (Å²) >= 11 is 1.05. The van der Waals surface area contributed by atoms with E-state index < -0.39 is 5.97 Å². The first-order valence-electron chi connectivity index (χ1n) is 8.06. The molecular weight excluding hydrogens is 364 g/mol. The lowest BCUT2D eigenvalue weighted by Gasteiger charge is -2.17. The molecule has 0 atom stereocenters. The van der Waals surface area contributed by atoms with Gasteiger partial charge in [-0.05, 0) is 48.0 Å². The molecule has 6 nitrogen and oxygen atoms in total. The summed E-state index contributed by atoms with van der Waals surface area (Å²) in [6, 6.07) is 15.3. The number of amides is 1. The molecule has 1 aromatic heterocycles. The van der Waals surface area contributed by atoms with Crippen molar-refractivity contribution in [3.05, 3.63) is 75.5 Å². The standard InChI is InChI=1S/C20H16N2O4S/c1-12-6-8-13(9-7-12)19(23)22(2)16-11-17(27-18(16)20(24)25)14-4-3-5-15(10-14)21-26/h3-11H,1-2H3,(H,24,25). The Hall–Kier alpha value is -3.32. The highest BCUT2D eigenvalue weighted by Gasteiger charge is 2.23. The van der Waals surface area contributed by atoms with Gasteiger partial charge in [0.25, 0.3) is 5.91 Å². The number of hydrogen-bond acceptors (Lipinski definition) is 5. The van der Waals surface area contributed by atoms with Crippen LogP contribution in [0, 0.1) is 11.8 Å². The largest absolute Gasteiger partial charge is 0.477 e. The van der Waals surface area contributed by atoms with Gasteiger partial charge in [0.1, 0.15) is 10.6 Å². The van der Waals surface area contributed by atoms with Gasteiger partial charge in [-0.25, -0.2) is 4.79 Å². The number of nitrogens with zero attached hydrogens (tertiary/aromatic N) is 2. The molecule has 1 heterocycles. The molecule has 1 N–H and O–H groups in total. The smallest absolute Gasteiger partial charge is 0.348 e. The molecule has 0 saturated carbocycles. The van der Waals surface area contributed by atoms with Crippen LogP contribution in [0.15, 0.2) is 59.8 Å². The van der Waals surface area contributed by atoms with Crippen LogP contribution in [0.4, 0.5) is 11.4 Å². The first kappa shape index (κ1) is 18.5. The maximum absolute atomic E-state index is 12.8. The maximum Gasteiger partial charge on any atom is 0.348 e. The van der Waals surface area contributed by atoms with Crippen LogP contribution in [-0.2, 0) is 0 Å². The number of aromatic carboxylic acids is 1. The number of rotatable bonds is 5. The van der Waals surface area contributed by atoms with E-state index in [9.17, 15) is 19.6 Å². The minimum absolute atomic E-state index is 0.0532. The second-order valence-corrected chi connectivity index (χ2v) is 7.05. The zero-order chi connectivity index (χ0) is 19.6. The Morgan fingerprint density at radius 2 is 1.78 bits per heavy atom. The van der Waals surface area contributed by atoms with Crippen LogP contribution in [-0.4, -0.2) is 24.0 Å². The lowest BCUT2D eigenvalue weighted by atomic mass is 10.1. The van der Waals surface area contributed by atoms with Gasteiger partial charge in [0.05, 0.1) is 5.69 Å². The average molecular weight is 380 g/mol. The van der Waals surface area contributed by atoms with E-state index in [1.54, 1.807) is 49.5 Å². The van der Waals surface area contributed by atoms with Crippen molar-refractivity contribution in [2.75, 3.05) is 11.9 Å². The Kier molecular flexibility index (Phi) is 5.14. The summed E-state index contributed by atoms with van der Waals surface area (Å²) in [7, 11) is 1.55. The van der Waals surface area contributed by atoms with Gasteiger partial charge >= 0.3 is 5.97 Å². The Labute approximate surface area is 159 Å². The SMILES string of the molecule is Cc1ccc(C(=O)N(C)c2cc(-c3cccc(N=O)c3)sc2C(=O)O)cc1. The van der Waals surface area contributed by atoms with Crippen LogP contribution >= 0.6 is 11.3 Å². The van der Waals surface area contributed by atoms with Crippen LogP contribution in [0.1, 0.15) is 25.6 Å². The molecule has 0 bridgehead atoms. The molecule has 0 aliphatic heterocycles. The van der Waals surface area contributed by atoms with Crippen LogP contribution < -0.4 is 4.90 Å². The number of thiophene rings is 1. The van der Waals surface area contributed by atoms with Gasteiger partial charge in [-0.15, -0.1) is 16.2 Å². The Balaban J connectivity index is 2.02. The summed E-state index contributed by atoms with van der Waals surface area (Å²) in [4.78, 5) is 37.2. The van der Waals surface area contributed by atoms with E-state index in [-0.39, 0.29) is 16.5 Å². The zero-order valence-electron chi connectivity index (χ0n) is 14.7. The monoisotopic (exact) mass is 380 g/mol. The third kappa shape index (κ3) is 3.78. The molecule has 1 amide bonds. The summed E-state index contributed by atoms with van der Waals surface area (Å²) < 4.78 is 0. The van der Waals surface area contributed by atoms with Crippen molar-refractivity contribution in [3.8, 4) is 10.4 Å². The highest BCUT2D eigenvalue weighted by molar-refractivity contribution is 7.18. The zero-order valence-corrected chi connectivity index (χ0v) is 15.5. The fourth-order valence-electron chi connectivity index (χ4n) is 2.64. The molecule has 0 aliphatic rings. The number of benzene rings is 2. The van der Waals surface area contributed by atoms with Gasteiger partial charge in [0, 0.05) is 17.5 Å². The Morgan fingerprint density at radius 3 is 2.41 bits per heavy atom. The number of carbonyl (C=O) groups is 2. The van der Waals surface area contributed by atoms with Gasteiger partial charge in [0.15, 0.2) is 0 Å². The van der Waals surface area contributed by atoms with Crippen LogP contribution in [0.25, 0.3) is 10.4 Å². The van der Waals surface area contributed by atoms with Crippen molar-refractivity contribution in [2.24, 2.45) is 5.18 Å². The van der Waals surface area contributed by atoms with E-state index in [0.29, 0.717) is 21.7 Å². The van der Waals surface area contributed by atoms with Crippen molar-refractivity contribution in [1.82, 2.24) is 0 Å². The molecule has 2 aromatic carbocycles. The van der Waals surface area contributed by atoms with E-state index in [1.807, 2.05) is 19.1 Å². The molecule has 3 rings (SSSR count). The molecule has 7 heteroatoms. The summed E-state index contributed by atoms with van der Waals surface area (Å²) in [5.41, 5.74) is 2.73. The predicted octanol–water partition coefficient (Wildman–Crippen LogP) is 5.10. The number of aryl methyl sites for hydroxylation is 1. The normalized spacial score (nSPS) is 10.4. The summed E-state index contributed by atoms with van der Waals surface area (Å²) in [6.45, 7) is 1.92. The second-order valence-electron chi connectivity index (χ2n) is 6.00. The highest BCUT2D eigenvalue weighted by atomic mass is 32.1. The van der Waals surface area contributed by atoms with Gasteiger partial charge in [-0.2, -0.15) is 0 Å². The highest BCUT2D eigenvalue weighted by Crippen LogP contribution is 2.38. The lowest BCUT2D eigenvalue weighted by molar-refractivity contribution is 0.0703. The first-order chi connectivity index (χ1) is 12.9. The third-order valence-electron chi connectivity index (χ3n) is 4.11. The van der Waals surface area contributed by atoms with Gasteiger partial charge in [-0.3, -0.25) is 4.79 Å². The molecular formula is C20H16N2O4S. The molecule has 0 spiro atoms. The van der Waals surface area contributed by atoms with Crippen molar-refractivity contribution in [1.29, 1.82) is 0 Å². The van der Waals surface area contributed by atoms with E-state index in [1.165, 1.54) is 4.90 Å². The van der Waals surface area contributed by atoms with Gasteiger partial charge in [-0.1, -0.05) is 29.8 Å². The predicted molar refractivity (Wildman–Crippen MR) is 106 cm³/mol. The number of carbonyl (C=O) groups excluding carboxylic acids is 1. The van der Waals surface area contributed by atoms with Crippen LogP contribution in [0.5, 0.6) is 0 Å². The number of anilines is 1. The molecule has 136 valence electrons. The van der Waals surface area contributed by atoms with E-state index >= 15 is 0 Å². The van der Waals surface area contributed by atoms with Crippen LogP contribution in [0.3, 0.4) is 0 Å². The summed E-state index contributed by atoms with van der Waals surface area (Å²) in [6.07, 6.45) is 0. The maximum atomic E-state index is 12.8. The lowest BCUT2D eigenvalue weighted by Crippen LogP contribution is -2.27. The van der Waals surface area contributed by atoms with Gasteiger partial charge < -0.3 is 10.0 Å². The molecule has 27 heavy (non-hydrogen) atoms. The number of carboxylic acids is 1. The third-order valence-corrected chi connectivity index (χ3v) is 5.27. The number of hydrogen-bond donors (Lipinski definition) is 1. The summed E-state index contributed by atoms with van der Waals surface area (Å²) in [5, 5.41) is 12.5. The van der Waals surface area contributed by atoms with E-state index in [4.69, 9.17) is 0 Å². The first-order valence-corrected chi connectivity index (χ1v) is 8.88. The topological polar surface area (TPSA) is 87.0 Å². The minimum atomic E-state index is -1.12. The molecule has 0 unspecified atom stereocenters. The Morgan fingerprint density at radius 1 is 1.07 bits per heavy atom. The van der Waals surface area contributed by atoms with Crippen LogP contribution in [0.2, 0.25) is 0 Å². The fraction of sp³-hybridized carbons (Fsp3) is 0.100. The number of carboxylic acid groups (broad SMARTS) is 1. The molecule has 0 radical (unpaired) electrons. The van der Waals surface area contributed by atoms with Crippen molar-refractivity contribution >= 4 is 34.6 Å². The van der Waals surface area contributed by atoms with Crippen molar-refractivity contribution in [3.63, 3.8) is 0 Å². The summed E-state index contributed by atoms with van der Waals surface area (Å²) in [5.74, 6) is -1.42.